The minimum Gasteiger partial charge on any atom is -0.399 e. The highest BCUT2D eigenvalue weighted by Crippen LogP contribution is 2.20. The summed E-state index contributed by atoms with van der Waals surface area (Å²) in [6.45, 7) is 3.00. The van der Waals surface area contributed by atoms with E-state index in [0.29, 0.717) is 17.0 Å². The van der Waals surface area contributed by atoms with E-state index < -0.39 is 0 Å². The highest BCUT2D eigenvalue weighted by atomic mass is 16.1. The number of pyridine rings is 1. The van der Waals surface area contributed by atoms with Gasteiger partial charge in [-0.3, -0.25) is 14.3 Å². The largest absolute Gasteiger partial charge is 0.399 e. The van der Waals surface area contributed by atoms with Crippen molar-refractivity contribution in [3.63, 3.8) is 0 Å². The van der Waals surface area contributed by atoms with E-state index in [1.54, 1.807) is 12.3 Å². The van der Waals surface area contributed by atoms with Gasteiger partial charge in [-0.1, -0.05) is 19.1 Å². The standard InChI is InChI=1S/C21H22N4O/c1-14-2-7-20-24-19-12-15(3-5-17-13-16(22)8-10-23-17)4-6-18(19)21(26)25(20)11-9-14/h3-6,8,10,12-14H,2,7,9,11H2,1H3,(H2,22,23)/b5-3+. The molecule has 0 fully saturated rings. The Morgan fingerprint density at radius 1 is 1.19 bits per heavy atom. The number of benzene rings is 1. The Bertz CT molecular complexity index is 1050. The van der Waals surface area contributed by atoms with E-state index in [1.165, 1.54) is 0 Å². The highest BCUT2D eigenvalue weighted by molar-refractivity contribution is 5.82. The molecule has 0 saturated carbocycles. The third-order valence-corrected chi connectivity index (χ3v) is 5.02. The summed E-state index contributed by atoms with van der Waals surface area (Å²) >= 11 is 0. The first-order valence-electron chi connectivity index (χ1n) is 9.03. The van der Waals surface area contributed by atoms with Crippen LogP contribution >= 0.6 is 0 Å². The van der Waals surface area contributed by atoms with Gasteiger partial charge in [0.1, 0.15) is 5.82 Å². The van der Waals surface area contributed by atoms with E-state index in [-0.39, 0.29) is 5.56 Å². The molecule has 0 aliphatic carbocycles. The molecule has 4 rings (SSSR count). The first-order valence-corrected chi connectivity index (χ1v) is 9.03. The van der Waals surface area contributed by atoms with Crippen LogP contribution in [0.15, 0.2) is 41.3 Å². The third kappa shape index (κ3) is 3.25. The van der Waals surface area contributed by atoms with Gasteiger partial charge in [-0.15, -0.1) is 0 Å². The van der Waals surface area contributed by atoms with Gasteiger partial charge in [0.25, 0.3) is 5.56 Å². The van der Waals surface area contributed by atoms with Gasteiger partial charge in [0.2, 0.25) is 0 Å². The molecule has 1 aliphatic heterocycles. The molecule has 0 saturated heterocycles. The Balaban J connectivity index is 1.72. The van der Waals surface area contributed by atoms with Gasteiger partial charge in [-0.2, -0.15) is 0 Å². The number of fused-ring (bicyclic) bond motifs is 2. The molecule has 0 radical (unpaired) electrons. The molecule has 3 aromatic rings. The first kappa shape index (κ1) is 16.5. The van der Waals surface area contributed by atoms with Crippen molar-refractivity contribution in [2.45, 2.75) is 32.7 Å². The molecule has 26 heavy (non-hydrogen) atoms. The lowest BCUT2D eigenvalue weighted by molar-refractivity contribution is 0.484. The van der Waals surface area contributed by atoms with Gasteiger partial charge in [0.05, 0.1) is 16.6 Å². The number of aryl methyl sites for hydroxylation is 1. The summed E-state index contributed by atoms with van der Waals surface area (Å²) in [5, 5.41) is 0.683. The Labute approximate surface area is 152 Å². The smallest absolute Gasteiger partial charge is 0.261 e. The molecular formula is C21H22N4O. The van der Waals surface area contributed by atoms with Crippen LogP contribution in [0.25, 0.3) is 23.1 Å². The topological polar surface area (TPSA) is 73.8 Å². The van der Waals surface area contributed by atoms with Gasteiger partial charge in [-0.25, -0.2) is 4.98 Å². The Hall–Kier alpha value is -2.95. The Morgan fingerprint density at radius 3 is 2.92 bits per heavy atom. The van der Waals surface area contributed by atoms with E-state index in [4.69, 9.17) is 10.7 Å². The van der Waals surface area contributed by atoms with Crippen LogP contribution in [0.2, 0.25) is 0 Å². The molecule has 132 valence electrons. The Kier molecular flexibility index (Phi) is 4.29. The second kappa shape index (κ2) is 6.75. The van der Waals surface area contributed by atoms with Gasteiger partial charge < -0.3 is 5.73 Å². The number of hydrogen-bond donors (Lipinski definition) is 1. The summed E-state index contributed by atoms with van der Waals surface area (Å²) in [5.74, 6) is 1.54. The number of anilines is 1. The maximum atomic E-state index is 12.8. The second-order valence-electron chi connectivity index (χ2n) is 7.04. The van der Waals surface area contributed by atoms with Crippen molar-refractivity contribution in [3.05, 3.63) is 64.0 Å². The lowest BCUT2D eigenvalue weighted by Gasteiger charge is -2.10. The molecule has 5 heteroatoms. The van der Waals surface area contributed by atoms with Gasteiger partial charge >= 0.3 is 0 Å². The fourth-order valence-corrected chi connectivity index (χ4v) is 3.42. The second-order valence-corrected chi connectivity index (χ2v) is 7.04. The predicted molar refractivity (Wildman–Crippen MR) is 106 cm³/mol. The van der Waals surface area contributed by atoms with Crippen LogP contribution in [0.4, 0.5) is 5.69 Å². The van der Waals surface area contributed by atoms with Crippen molar-refractivity contribution in [2.75, 3.05) is 5.73 Å². The quantitative estimate of drug-likeness (QED) is 0.770. The molecular weight excluding hydrogens is 324 g/mol. The fourth-order valence-electron chi connectivity index (χ4n) is 3.42. The zero-order valence-electron chi connectivity index (χ0n) is 14.9. The average molecular weight is 346 g/mol. The van der Waals surface area contributed by atoms with Crippen molar-refractivity contribution in [3.8, 4) is 0 Å². The van der Waals surface area contributed by atoms with Gasteiger partial charge in [0, 0.05) is 24.8 Å². The molecule has 0 spiro atoms. The molecule has 1 aromatic carbocycles. The third-order valence-electron chi connectivity index (χ3n) is 5.02. The molecule has 0 bridgehead atoms. The van der Waals surface area contributed by atoms with Gasteiger partial charge in [0.15, 0.2) is 0 Å². The molecule has 0 amide bonds. The summed E-state index contributed by atoms with van der Waals surface area (Å²) in [4.78, 5) is 21.9. The van der Waals surface area contributed by atoms with E-state index in [1.807, 2.05) is 41.0 Å². The van der Waals surface area contributed by atoms with Crippen LogP contribution in [0.3, 0.4) is 0 Å². The highest BCUT2D eigenvalue weighted by Gasteiger charge is 2.16. The summed E-state index contributed by atoms with van der Waals surface area (Å²) in [5.41, 5.74) is 9.10. The molecule has 2 N–H and O–H groups in total. The van der Waals surface area contributed by atoms with Crippen LogP contribution in [-0.4, -0.2) is 14.5 Å². The van der Waals surface area contributed by atoms with E-state index in [9.17, 15) is 4.79 Å². The van der Waals surface area contributed by atoms with Crippen molar-refractivity contribution in [1.29, 1.82) is 0 Å². The minimum atomic E-state index is 0.0760. The molecule has 5 nitrogen and oxygen atoms in total. The zero-order chi connectivity index (χ0) is 18.1. The van der Waals surface area contributed by atoms with E-state index in [2.05, 4.69) is 11.9 Å². The summed E-state index contributed by atoms with van der Waals surface area (Å²) in [6.07, 6.45) is 8.55. The average Bonchev–Trinajstić information content (AvgIpc) is 2.82. The lowest BCUT2D eigenvalue weighted by atomic mass is 10.0. The van der Waals surface area contributed by atoms with Crippen LogP contribution in [0.5, 0.6) is 0 Å². The monoisotopic (exact) mass is 346 g/mol. The van der Waals surface area contributed by atoms with Crippen LogP contribution < -0.4 is 11.3 Å². The van der Waals surface area contributed by atoms with Crippen molar-refractivity contribution in [1.82, 2.24) is 14.5 Å². The van der Waals surface area contributed by atoms with Gasteiger partial charge in [-0.05, 0) is 54.7 Å². The molecule has 3 heterocycles. The van der Waals surface area contributed by atoms with E-state index in [0.717, 1.165) is 48.4 Å². The number of nitrogens with zero attached hydrogens (tertiary/aromatic N) is 3. The summed E-state index contributed by atoms with van der Waals surface area (Å²) in [7, 11) is 0. The number of aromatic nitrogens is 3. The fraction of sp³-hybridized carbons (Fsp3) is 0.286. The molecule has 2 aromatic heterocycles. The molecule has 1 unspecified atom stereocenters. The van der Waals surface area contributed by atoms with Crippen LogP contribution in [-0.2, 0) is 13.0 Å². The van der Waals surface area contributed by atoms with Crippen molar-refractivity contribution in [2.24, 2.45) is 5.92 Å². The predicted octanol–water partition coefficient (Wildman–Crippen LogP) is 3.52. The van der Waals surface area contributed by atoms with Crippen LogP contribution in [0, 0.1) is 5.92 Å². The first-order chi connectivity index (χ1) is 12.6. The van der Waals surface area contributed by atoms with E-state index >= 15 is 0 Å². The summed E-state index contributed by atoms with van der Waals surface area (Å²) in [6, 6.07) is 9.37. The minimum absolute atomic E-state index is 0.0760. The molecule has 1 aliphatic rings. The maximum absolute atomic E-state index is 12.8. The Morgan fingerprint density at radius 2 is 2.08 bits per heavy atom. The van der Waals surface area contributed by atoms with Crippen LogP contribution in [0.1, 0.15) is 36.8 Å². The number of nitrogens with two attached hydrogens (primary N) is 1. The van der Waals surface area contributed by atoms with Crippen molar-refractivity contribution >= 4 is 28.7 Å². The zero-order valence-corrected chi connectivity index (χ0v) is 14.9. The summed E-state index contributed by atoms with van der Waals surface area (Å²) < 4.78 is 1.86. The van der Waals surface area contributed by atoms with Crippen molar-refractivity contribution < 1.29 is 0 Å². The number of hydrogen-bond acceptors (Lipinski definition) is 4. The number of nitrogen functional groups attached to an aromatic ring is 1. The normalized spacial score (nSPS) is 17.3. The maximum Gasteiger partial charge on any atom is 0.261 e. The lowest BCUT2D eigenvalue weighted by Crippen LogP contribution is -2.24. The number of rotatable bonds is 2. The molecule has 1 atom stereocenters. The SMILES string of the molecule is CC1CCc2nc3cc(/C=C/c4cc(N)ccn4)ccc3c(=O)n2CC1.